The Kier molecular flexibility index (Phi) is 6.03. The number of nitrogens with zero attached hydrogens (tertiary/aromatic N) is 1. The first-order chi connectivity index (χ1) is 10.3. The molecule has 0 bridgehead atoms. The number of nitrogens with one attached hydrogen (secondary N) is 1. The van der Waals surface area contributed by atoms with Crippen LogP contribution in [0.4, 0.5) is 5.82 Å². The summed E-state index contributed by atoms with van der Waals surface area (Å²) in [5.41, 5.74) is 6.93. The van der Waals surface area contributed by atoms with Gasteiger partial charge in [0, 0.05) is 12.2 Å². The molecule has 2 aromatic rings. The molecule has 1 aromatic heterocycles. The quantitative estimate of drug-likeness (QED) is 0.783. The van der Waals surface area contributed by atoms with Crippen molar-refractivity contribution in [2.45, 2.75) is 25.8 Å². The highest BCUT2D eigenvalue weighted by Gasteiger charge is 2.09. The van der Waals surface area contributed by atoms with E-state index in [0.29, 0.717) is 18.5 Å². The summed E-state index contributed by atoms with van der Waals surface area (Å²) in [7, 11) is 0. The van der Waals surface area contributed by atoms with E-state index in [2.05, 4.69) is 17.2 Å². The van der Waals surface area contributed by atoms with E-state index in [9.17, 15) is 0 Å². The summed E-state index contributed by atoms with van der Waals surface area (Å²) in [6.07, 6.45) is 3.64. The minimum atomic E-state index is 0.375. The first-order valence-electron chi connectivity index (χ1n) is 7.39. The zero-order valence-electron chi connectivity index (χ0n) is 12.5. The fourth-order valence-electron chi connectivity index (χ4n) is 2.31. The molecule has 0 saturated heterocycles. The number of anilines is 1. The number of pyridine rings is 1. The molecular weight excluding hydrogens is 262 g/mol. The topological polar surface area (TPSA) is 60.2 Å². The number of nitrogens with two attached hydrogens (primary N) is 1. The minimum Gasteiger partial charge on any atom is -0.494 e. The number of aromatic nitrogens is 1. The van der Waals surface area contributed by atoms with Crippen LogP contribution in [0.5, 0.6) is 5.75 Å². The lowest BCUT2D eigenvalue weighted by Gasteiger charge is -2.18. The fraction of sp³-hybridized carbons (Fsp3) is 0.353. The van der Waals surface area contributed by atoms with Crippen molar-refractivity contribution in [2.75, 3.05) is 18.9 Å². The van der Waals surface area contributed by atoms with Crippen LogP contribution in [0.2, 0.25) is 0 Å². The molecule has 1 aromatic carbocycles. The number of benzene rings is 1. The Balaban J connectivity index is 1.84. The third-order valence-corrected chi connectivity index (χ3v) is 3.30. The van der Waals surface area contributed by atoms with Crippen molar-refractivity contribution in [3.8, 4) is 5.75 Å². The number of rotatable bonds is 8. The molecule has 0 radical (unpaired) electrons. The smallest absolute Gasteiger partial charge is 0.123 e. The number of nitrogen functional groups attached to an aromatic ring is 1. The first-order valence-corrected chi connectivity index (χ1v) is 7.39. The Hall–Kier alpha value is -2.07. The molecule has 2 rings (SSSR count). The molecule has 3 N–H and O–H groups in total. The third kappa shape index (κ3) is 5.44. The maximum atomic E-state index is 5.77. The van der Waals surface area contributed by atoms with Gasteiger partial charge in [-0.2, -0.15) is 0 Å². The number of hydrogen-bond donors (Lipinski definition) is 2. The molecule has 1 unspecified atom stereocenters. The maximum Gasteiger partial charge on any atom is 0.123 e. The zero-order valence-corrected chi connectivity index (χ0v) is 12.5. The number of para-hydroxylation sites is 1. The molecule has 112 valence electrons. The van der Waals surface area contributed by atoms with Crippen LogP contribution in [-0.4, -0.2) is 24.2 Å². The Morgan fingerprint density at radius 1 is 1.24 bits per heavy atom. The van der Waals surface area contributed by atoms with Gasteiger partial charge in [-0.25, -0.2) is 4.98 Å². The van der Waals surface area contributed by atoms with Crippen LogP contribution in [0.25, 0.3) is 0 Å². The average molecular weight is 285 g/mol. The summed E-state index contributed by atoms with van der Waals surface area (Å²) in [6.45, 7) is 3.75. The predicted octanol–water partition coefficient (Wildman–Crippen LogP) is 2.65. The van der Waals surface area contributed by atoms with E-state index in [1.54, 1.807) is 6.20 Å². The molecular formula is C17H23N3O. The van der Waals surface area contributed by atoms with Crippen molar-refractivity contribution in [3.05, 3.63) is 54.2 Å². The molecule has 0 amide bonds. The molecule has 1 atom stereocenters. The third-order valence-electron chi connectivity index (χ3n) is 3.30. The lowest BCUT2D eigenvalue weighted by Crippen LogP contribution is -2.32. The number of likely N-dealkylation sites (N-methyl/N-ethyl adjacent to an activating group) is 1. The fourth-order valence-corrected chi connectivity index (χ4v) is 2.31. The second kappa shape index (κ2) is 8.27. The molecule has 0 aliphatic carbocycles. The Labute approximate surface area is 126 Å². The zero-order chi connectivity index (χ0) is 14.9. The van der Waals surface area contributed by atoms with Crippen molar-refractivity contribution < 1.29 is 4.74 Å². The second-order valence-corrected chi connectivity index (χ2v) is 5.00. The highest BCUT2D eigenvalue weighted by atomic mass is 16.5. The van der Waals surface area contributed by atoms with Crippen LogP contribution in [0.3, 0.4) is 0 Å². The van der Waals surface area contributed by atoms with Crippen molar-refractivity contribution in [2.24, 2.45) is 0 Å². The summed E-state index contributed by atoms with van der Waals surface area (Å²) in [5, 5.41) is 3.50. The van der Waals surface area contributed by atoms with Gasteiger partial charge in [-0.3, -0.25) is 0 Å². The molecule has 0 spiro atoms. The van der Waals surface area contributed by atoms with Gasteiger partial charge < -0.3 is 15.8 Å². The average Bonchev–Trinajstić information content (AvgIpc) is 2.48. The molecule has 0 aliphatic rings. The van der Waals surface area contributed by atoms with Crippen LogP contribution < -0.4 is 15.8 Å². The molecule has 4 heteroatoms. The van der Waals surface area contributed by atoms with Gasteiger partial charge in [-0.15, -0.1) is 0 Å². The SMILES string of the molecule is CCNC(CCOc1ccccc1)Cc1ccnc(N)c1. The van der Waals surface area contributed by atoms with Crippen molar-refractivity contribution >= 4 is 5.82 Å². The van der Waals surface area contributed by atoms with Gasteiger partial charge >= 0.3 is 0 Å². The van der Waals surface area contributed by atoms with Crippen LogP contribution in [0.15, 0.2) is 48.7 Å². The molecule has 0 fully saturated rings. The second-order valence-electron chi connectivity index (χ2n) is 5.00. The normalized spacial score (nSPS) is 12.0. The van der Waals surface area contributed by atoms with Gasteiger partial charge in [-0.1, -0.05) is 25.1 Å². The molecule has 21 heavy (non-hydrogen) atoms. The summed E-state index contributed by atoms with van der Waals surface area (Å²) in [6, 6.07) is 14.2. The summed E-state index contributed by atoms with van der Waals surface area (Å²) in [5.74, 6) is 1.49. The van der Waals surface area contributed by atoms with Gasteiger partial charge in [0.1, 0.15) is 11.6 Å². The Morgan fingerprint density at radius 3 is 2.76 bits per heavy atom. The van der Waals surface area contributed by atoms with E-state index in [4.69, 9.17) is 10.5 Å². The Bertz CT molecular complexity index is 531. The van der Waals surface area contributed by atoms with E-state index in [1.807, 2.05) is 42.5 Å². The van der Waals surface area contributed by atoms with Gasteiger partial charge in [0.15, 0.2) is 0 Å². The van der Waals surface area contributed by atoms with Crippen LogP contribution in [0, 0.1) is 0 Å². The van der Waals surface area contributed by atoms with Crippen molar-refractivity contribution in [1.82, 2.24) is 10.3 Å². The summed E-state index contributed by atoms with van der Waals surface area (Å²) >= 11 is 0. The summed E-state index contributed by atoms with van der Waals surface area (Å²) < 4.78 is 5.77. The van der Waals surface area contributed by atoms with E-state index in [-0.39, 0.29) is 0 Å². The molecule has 0 aliphatic heterocycles. The maximum absolute atomic E-state index is 5.77. The van der Waals surface area contributed by atoms with E-state index in [1.165, 1.54) is 5.56 Å². The monoisotopic (exact) mass is 285 g/mol. The predicted molar refractivity (Wildman–Crippen MR) is 86.4 cm³/mol. The van der Waals surface area contributed by atoms with Gasteiger partial charge in [-0.05, 0) is 49.2 Å². The Morgan fingerprint density at radius 2 is 2.05 bits per heavy atom. The number of hydrogen-bond acceptors (Lipinski definition) is 4. The summed E-state index contributed by atoms with van der Waals surface area (Å²) in [4.78, 5) is 4.03. The first kappa shape index (κ1) is 15.3. The largest absolute Gasteiger partial charge is 0.494 e. The standard InChI is InChI=1S/C17H23N3O/c1-2-19-15(12-14-8-10-20-17(18)13-14)9-11-21-16-6-4-3-5-7-16/h3-8,10,13,15,19H,2,9,11-12H2,1H3,(H2,18,20). The van der Waals surface area contributed by atoms with Crippen molar-refractivity contribution in [1.29, 1.82) is 0 Å². The van der Waals surface area contributed by atoms with E-state index < -0.39 is 0 Å². The van der Waals surface area contributed by atoms with Gasteiger partial charge in [0.2, 0.25) is 0 Å². The van der Waals surface area contributed by atoms with Crippen molar-refractivity contribution in [3.63, 3.8) is 0 Å². The molecule has 1 heterocycles. The van der Waals surface area contributed by atoms with Crippen LogP contribution in [0.1, 0.15) is 18.9 Å². The highest BCUT2D eigenvalue weighted by molar-refractivity contribution is 5.32. The van der Waals surface area contributed by atoms with Crippen LogP contribution >= 0.6 is 0 Å². The van der Waals surface area contributed by atoms with Crippen LogP contribution in [-0.2, 0) is 6.42 Å². The molecule has 0 saturated carbocycles. The van der Waals surface area contributed by atoms with Gasteiger partial charge in [0.25, 0.3) is 0 Å². The minimum absolute atomic E-state index is 0.375. The van der Waals surface area contributed by atoms with Gasteiger partial charge in [0.05, 0.1) is 6.61 Å². The van der Waals surface area contributed by atoms with E-state index in [0.717, 1.165) is 25.1 Å². The lowest BCUT2D eigenvalue weighted by molar-refractivity contribution is 0.285. The lowest BCUT2D eigenvalue weighted by atomic mass is 10.0. The highest BCUT2D eigenvalue weighted by Crippen LogP contribution is 2.11. The van der Waals surface area contributed by atoms with E-state index >= 15 is 0 Å². The number of ether oxygens (including phenoxy) is 1. The molecule has 4 nitrogen and oxygen atoms in total.